The van der Waals surface area contributed by atoms with Gasteiger partial charge >= 0.3 is 12.0 Å². The molecule has 1 aliphatic heterocycles. The molecule has 5 nitrogen and oxygen atoms in total. The van der Waals surface area contributed by atoms with Crippen LogP contribution in [-0.2, 0) is 15.4 Å². The Morgan fingerprint density at radius 2 is 1.90 bits per heavy atom. The van der Waals surface area contributed by atoms with Crippen molar-refractivity contribution in [3.63, 3.8) is 0 Å². The Bertz CT molecular complexity index is 778. The SMILES string of the molecule is C[C@@H](NSC(C)(C)C)c1cccc(C(F)(F)C2CN(C(=O)OC(C)(C)C)CCO2)c1F. The van der Waals surface area contributed by atoms with Crippen molar-refractivity contribution in [1.29, 1.82) is 0 Å². The van der Waals surface area contributed by atoms with E-state index in [9.17, 15) is 4.79 Å². The second-order valence-electron chi connectivity index (χ2n) is 9.67. The third-order valence-corrected chi connectivity index (χ3v) is 5.60. The number of hydrogen-bond donors (Lipinski definition) is 1. The number of carbonyl (C=O) groups excluding carboxylic acids is 1. The molecule has 1 aliphatic rings. The van der Waals surface area contributed by atoms with Gasteiger partial charge in [-0.3, -0.25) is 4.72 Å². The third-order valence-electron chi connectivity index (χ3n) is 4.52. The normalized spacial score (nSPS) is 19.3. The van der Waals surface area contributed by atoms with Crippen molar-refractivity contribution in [1.82, 2.24) is 9.62 Å². The van der Waals surface area contributed by atoms with Crippen LogP contribution in [0.5, 0.6) is 0 Å². The summed E-state index contributed by atoms with van der Waals surface area (Å²) < 4.78 is 59.4. The highest BCUT2D eigenvalue weighted by Crippen LogP contribution is 2.39. The van der Waals surface area contributed by atoms with Crippen LogP contribution in [0.4, 0.5) is 18.0 Å². The summed E-state index contributed by atoms with van der Waals surface area (Å²) >= 11 is 1.41. The van der Waals surface area contributed by atoms with Crippen LogP contribution in [0.3, 0.4) is 0 Å². The standard InChI is InChI=1S/C22H33F3N2O3S/c1-14(26-31-21(5,6)7)15-9-8-10-16(18(15)23)22(24,25)17-13-27(11-12-29-17)19(28)30-20(2,3)4/h8-10,14,17,26H,11-13H2,1-7H3/t14-,17?/m1/s1. The van der Waals surface area contributed by atoms with Crippen LogP contribution in [0.25, 0.3) is 0 Å². The molecular weight excluding hydrogens is 429 g/mol. The number of benzene rings is 1. The molecule has 1 aromatic carbocycles. The van der Waals surface area contributed by atoms with E-state index in [2.05, 4.69) is 4.72 Å². The molecular formula is C22H33F3N2O3S. The van der Waals surface area contributed by atoms with Gasteiger partial charge in [-0.15, -0.1) is 0 Å². The first-order valence-corrected chi connectivity index (χ1v) is 11.1. The van der Waals surface area contributed by atoms with E-state index < -0.39 is 41.1 Å². The van der Waals surface area contributed by atoms with Crippen molar-refractivity contribution >= 4 is 18.0 Å². The Morgan fingerprint density at radius 1 is 1.26 bits per heavy atom. The van der Waals surface area contributed by atoms with Gasteiger partial charge < -0.3 is 14.4 Å². The predicted octanol–water partition coefficient (Wildman–Crippen LogP) is 5.65. The number of alkyl halides is 2. The Kier molecular flexibility index (Phi) is 7.98. The summed E-state index contributed by atoms with van der Waals surface area (Å²) in [5.74, 6) is -4.60. The Balaban J connectivity index is 2.22. The van der Waals surface area contributed by atoms with Crippen LogP contribution in [-0.4, -0.2) is 47.1 Å². The number of halogens is 3. The van der Waals surface area contributed by atoms with Gasteiger partial charge in [-0.1, -0.05) is 24.1 Å². The lowest BCUT2D eigenvalue weighted by Gasteiger charge is -2.37. The van der Waals surface area contributed by atoms with Crippen molar-refractivity contribution in [2.75, 3.05) is 19.7 Å². The highest BCUT2D eigenvalue weighted by atomic mass is 32.2. The second kappa shape index (κ2) is 9.58. The molecule has 1 saturated heterocycles. The molecule has 0 radical (unpaired) electrons. The van der Waals surface area contributed by atoms with Gasteiger partial charge in [0.05, 0.1) is 18.7 Å². The molecule has 31 heavy (non-hydrogen) atoms. The first kappa shape index (κ1) is 25.8. The van der Waals surface area contributed by atoms with Crippen LogP contribution in [0, 0.1) is 5.82 Å². The van der Waals surface area contributed by atoms with Gasteiger partial charge in [0.2, 0.25) is 0 Å². The molecule has 0 bridgehead atoms. The van der Waals surface area contributed by atoms with E-state index in [4.69, 9.17) is 9.47 Å². The van der Waals surface area contributed by atoms with E-state index in [1.54, 1.807) is 27.7 Å². The first-order valence-electron chi connectivity index (χ1n) is 10.3. The largest absolute Gasteiger partial charge is 0.444 e. The molecule has 2 rings (SSSR count). The maximum absolute atomic E-state index is 15.3. The highest BCUT2D eigenvalue weighted by molar-refractivity contribution is 7.98. The van der Waals surface area contributed by atoms with Gasteiger partial charge in [0.15, 0.2) is 0 Å². The lowest BCUT2D eigenvalue weighted by atomic mass is 9.96. The molecule has 1 unspecified atom stereocenters. The van der Waals surface area contributed by atoms with Crippen molar-refractivity contribution < 1.29 is 27.4 Å². The molecule has 176 valence electrons. The number of carbonyl (C=O) groups is 1. The fourth-order valence-corrected chi connectivity index (χ4v) is 3.66. The van der Waals surface area contributed by atoms with Crippen LogP contribution in [0.15, 0.2) is 18.2 Å². The van der Waals surface area contributed by atoms with E-state index in [-0.39, 0.29) is 30.0 Å². The molecule has 0 aromatic heterocycles. The van der Waals surface area contributed by atoms with Gasteiger partial charge in [-0.2, -0.15) is 8.78 Å². The average Bonchev–Trinajstić information content (AvgIpc) is 2.64. The second-order valence-corrected chi connectivity index (χ2v) is 11.3. The molecule has 1 N–H and O–H groups in total. The predicted molar refractivity (Wildman–Crippen MR) is 117 cm³/mol. The average molecular weight is 463 g/mol. The van der Waals surface area contributed by atoms with Crippen molar-refractivity contribution in [3.05, 3.63) is 35.1 Å². The van der Waals surface area contributed by atoms with Crippen LogP contribution in [0.1, 0.15) is 65.6 Å². The molecule has 0 spiro atoms. The quantitative estimate of drug-likeness (QED) is 0.573. The summed E-state index contributed by atoms with van der Waals surface area (Å²) in [6, 6.07) is 3.49. The minimum absolute atomic E-state index is 0.0824. The molecule has 1 amide bonds. The zero-order valence-electron chi connectivity index (χ0n) is 19.2. The minimum Gasteiger partial charge on any atom is -0.444 e. The maximum Gasteiger partial charge on any atom is 0.410 e. The molecule has 1 heterocycles. The monoisotopic (exact) mass is 462 g/mol. The fraction of sp³-hybridized carbons (Fsp3) is 0.682. The van der Waals surface area contributed by atoms with Crippen molar-refractivity contribution in [2.45, 2.75) is 76.9 Å². The number of amides is 1. The molecule has 1 aromatic rings. The smallest absolute Gasteiger partial charge is 0.410 e. The third kappa shape index (κ3) is 7.02. The van der Waals surface area contributed by atoms with Gasteiger partial charge in [0, 0.05) is 22.9 Å². The first-order chi connectivity index (χ1) is 14.1. The number of hydrogen-bond acceptors (Lipinski definition) is 5. The number of ether oxygens (including phenoxy) is 2. The van der Waals surface area contributed by atoms with Crippen LogP contribution >= 0.6 is 11.9 Å². The Morgan fingerprint density at radius 3 is 2.48 bits per heavy atom. The van der Waals surface area contributed by atoms with E-state index in [0.29, 0.717) is 0 Å². The highest BCUT2D eigenvalue weighted by Gasteiger charge is 2.48. The topological polar surface area (TPSA) is 50.8 Å². The van der Waals surface area contributed by atoms with Crippen molar-refractivity contribution in [2.24, 2.45) is 0 Å². The van der Waals surface area contributed by atoms with Gasteiger partial charge in [0.25, 0.3) is 0 Å². The molecule has 2 atom stereocenters. The summed E-state index contributed by atoms with van der Waals surface area (Å²) in [6.07, 6.45) is -2.37. The maximum atomic E-state index is 15.3. The molecule has 9 heteroatoms. The van der Waals surface area contributed by atoms with E-state index in [1.807, 2.05) is 20.8 Å². The fourth-order valence-electron chi connectivity index (χ4n) is 3.00. The van der Waals surface area contributed by atoms with Gasteiger partial charge in [0.1, 0.15) is 17.5 Å². The summed E-state index contributed by atoms with van der Waals surface area (Å²) in [5, 5.41) is 0. The number of nitrogens with one attached hydrogen (secondary N) is 1. The van der Waals surface area contributed by atoms with E-state index >= 15 is 13.2 Å². The Hall–Kier alpha value is -1.45. The van der Waals surface area contributed by atoms with Crippen molar-refractivity contribution in [3.8, 4) is 0 Å². The zero-order valence-corrected chi connectivity index (χ0v) is 20.0. The lowest BCUT2D eigenvalue weighted by molar-refractivity contribution is -0.171. The van der Waals surface area contributed by atoms with E-state index in [1.165, 1.54) is 29.0 Å². The minimum atomic E-state index is -3.63. The number of morpholine rings is 1. The number of nitrogens with zero attached hydrogens (tertiary/aromatic N) is 1. The molecule has 0 saturated carbocycles. The Labute approximate surface area is 187 Å². The van der Waals surface area contributed by atoms with Gasteiger partial charge in [-0.05, 0) is 54.5 Å². The van der Waals surface area contributed by atoms with E-state index in [0.717, 1.165) is 6.07 Å². The summed E-state index contributed by atoms with van der Waals surface area (Å²) in [4.78, 5) is 13.5. The van der Waals surface area contributed by atoms with Gasteiger partial charge in [-0.25, -0.2) is 9.18 Å². The lowest BCUT2D eigenvalue weighted by Crippen LogP contribution is -2.52. The zero-order chi connectivity index (χ0) is 23.6. The molecule has 1 fully saturated rings. The molecule has 0 aliphatic carbocycles. The van der Waals surface area contributed by atoms with Crippen LogP contribution in [0.2, 0.25) is 0 Å². The number of rotatable bonds is 5. The summed E-state index contributed by atoms with van der Waals surface area (Å²) in [5.41, 5.74) is -1.34. The summed E-state index contributed by atoms with van der Waals surface area (Å²) in [7, 11) is 0. The van der Waals surface area contributed by atoms with Crippen LogP contribution < -0.4 is 4.72 Å². The summed E-state index contributed by atoms with van der Waals surface area (Å²) in [6.45, 7) is 12.5.